The largest absolute Gasteiger partial charge is 0.491 e. The van der Waals surface area contributed by atoms with Crippen molar-refractivity contribution in [1.82, 2.24) is 0 Å². The van der Waals surface area contributed by atoms with Crippen molar-refractivity contribution in [2.24, 2.45) is 5.16 Å². The number of hydrogen-bond acceptors (Lipinski definition) is 5. The Kier molecular flexibility index (Phi) is 6.86. The van der Waals surface area contributed by atoms with E-state index in [0.29, 0.717) is 24.7 Å². The van der Waals surface area contributed by atoms with Crippen LogP contribution in [0.25, 0.3) is 6.08 Å². The molecule has 0 spiro atoms. The van der Waals surface area contributed by atoms with E-state index < -0.39 is 0 Å². The van der Waals surface area contributed by atoms with Crippen molar-refractivity contribution in [3.05, 3.63) is 59.7 Å². The first-order valence-corrected chi connectivity index (χ1v) is 7.58. The zero-order chi connectivity index (χ0) is 17.2. The fourth-order valence-corrected chi connectivity index (χ4v) is 2.13. The van der Waals surface area contributed by atoms with E-state index in [1.54, 1.807) is 13.2 Å². The number of hydrogen-bond donors (Lipinski definition) is 1. The van der Waals surface area contributed by atoms with Crippen LogP contribution in [0.4, 0.5) is 0 Å². The van der Waals surface area contributed by atoms with Gasteiger partial charge in [-0.25, -0.2) is 0 Å². The molecule has 0 fully saturated rings. The van der Waals surface area contributed by atoms with E-state index in [2.05, 4.69) is 5.16 Å². The number of nitrogens with zero attached hydrogens (tertiary/aromatic N) is 1. The second kappa shape index (κ2) is 9.37. The summed E-state index contributed by atoms with van der Waals surface area (Å²) in [5.74, 6) is 2.12. The maximum atomic E-state index is 8.50. The first-order chi connectivity index (χ1) is 11.7. The third-order valence-corrected chi connectivity index (χ3v) is 3.29. The summed E-state index contributed by atoms with van der Waals surface area (Å²) in [6.45, 7) is 3.01. The Morgan fingerprint density at radius 1 is 1.08 bits per heavy atom. The molecule has 24 heavy (non-hydrogen) atoms. The molecule has 0 saturated heterocycles. The van der Waals surface area contributed by atoms with Crippen LogP contribution in [0.3, 0.4) is 0 Å². The SMILES string of the molecule is COCCOc1cccc(Oc2cccc(C)c2/C=C\C=N\O)c1. The summed E-state index contributed by atoms with van der Waals surface area (Å²) in [4.78, 5) is 0. The molecule has 1 N–H and O–H groups in total. The molecule has 0 aliphatic rings. The number of rotatable bonds is 8. The number of benzene rings is 2. The lowest BCUT2D eigenvalue weighted by atomic mass is 10.1. The maximum Gasteiger partial charge on any atom is 0.134 e. The molecule has 5 heteroatoms. The summed E-state index contributed by atoms with van der Waals surface area (Å²) in [7, 11) is 1.64. The Labute approximate surface area is 141 Å². The molecule has 0 aliphatic carbocycles. The second-order valence-electron chi connectivity index (χ2n) is 5.03. The fraction of sp³-hybridized carbons (Fsp3) is 0.211. The highest BCUT2D eigenvalue weighted by Crippen LogP contribution is 2.30. The molecular weight excluding hydrogens is 306 g/mol. The number of oxime groups is 1. The lowest BCUT2D eigenvalue weighted by molar-refractivity contribution is 0.146. The predicted octanol–water partition coefficient (Wildman–Crippen LogP) is 4.29. The Hall–Kier alpha value is -2.79. The van der Waals surface area contributed by atoms with E-state index in [9.17, 15) is 0 Å². The highest BCUT2D eigenvalue weighted by molar-refractivity contribution is 5.79. The van der Waals surface area contributed by atoms with Crippen molar-refractivity contribution < 1.29 is 19.4 Å². The number of allylic oxidation sites excluding steroid dienone is 1. The van der Waals surface area contributed by atoms with Gasteiger partial charge in [-0.3, -0.25) is 0 Å². The van der Waals surface area contributed by atoms with Crippen molar-refractivity contribution in [2.75, 3.05) is 20.3 Å². The van der Waals surface area contributed by atoms with Gasteiger partial charge in [-0.15, -0.1) is 0 Å². The lowest BCUT2D eigenvalue weighted by Gasteiger charge is -2.12. The number of ether oxygens (including phenoxy) is 3. The maximum absolute atomic E-state index is 8.50. The molecule has 5 nitrogen and oxygen atoms in total. The molecule has 0 atom stereocenters. The standard InChI is InChI=1S/C19H21NO4/c1-15-6-3-10-19(18(15)9-5-11-20-21)24-17-8-4-7-16(14-17)23-13-12-22-2/h3-11,14,21H,12-13H2,1-2H3/b9-5-,20-11+. The summed E-state index contributed by atoms with van der Waals surface area (Å²) >= 11 is 0. The molecule has 0 heterocycles. The van der Waals surface area contributed by atoms with Crippen molar-refractivity contribution in [2.45, 2.75) is 6.92 Å². The fourth-order valence-electron chi connectivity index (χ4n) is 2.13. The van der Waals surface area contributed by atoms with E-state index in [4.69, 9.17) is 19.4 Å². The summed E-state index contributed by atoms with van der Waals surface area (Å²) in [5, 5.41) is 11.5. The van der Waals surface area contributed by atoms with Gasteiger partial charge in [0.2, 0.25) is 0 Å². The van der Waals surface area contributed by atoms with Crippen LogP contribution in [0.5, 0.6) is 17.2 Å². The van der Waals surface area contributed by atoms with E-state index >= 15 is 0 Å². The Morgan fingerprint density at radius 3 is 2.67 bits per heavy atom. The molecule has 2 rings (SSSR count). The molecule has 0 bridgehead atoms. The molecule has 0 radical (unpaired) electrons. The predicted molar refractivity (Wildman–Crippen MR) is 94.4 cm³/mol. The van der Waals surface area contributed by atoms with Gasteiger partial charge < -0.3 is 19.4 Å². The van der Waals surface area contributed by atoms with Crippen LogP contribution < -0.4 is 9.47 Å². The minimum atomic E-state index is 0.485. The van der Waals surface area contributed by atoms with Crippen molar-refractivity contribution in [1.29, 1.82) is 0 Å². The minimum absolute atomic E-state index is 0.485. The van der Waals surface area contributed by atoms with Gasteiger partial charge in [0.05, 0.1) is 12.8 Å². The number of methoxy groups -OCH3 is 1. The van der Waals surface area contributed by atoms with Gasteiger partial charge in [0, 0.05) is 18.7 Å². The van der Waals surface area contributed by atoms with E-state index in [1.165, 1.54) is 6.21 Å². The van der Waals surface area contributed by atoms with Crippen LogP contribution in [0.1, 0.15) is 11.1 Å². The molecule has 0 aliphatic heterocycles. The third-order valence-electron chi connectivity index (χ3n) is 3.29. The van der Waals surface area contributed by atoms with E-state index in [1.807, 2.05) is 55.5 Å². The van der Waals surface area contributed by atoms with Crippen LogP contribution in [0.15, 0.2) is 53.7 Å². The monoisotopic (exact) mass is 327 g/mol. The lowest BCUT2D eigenvalue weighted by Crippen LogP contribution is -2.04. The van der Waals surface area contributed by atoms with Crippen LogP contribution in [0.2, 0.25) is 0 Å². The van der Waals surface area contributed by atoms with Crippen LogP contribution in [-0.2, 0) is 4.74 Å². The Balaban J connectivity index is 2.19. The van der Waals surface area contributed by atoms with Gasteiger partial charge in [-0.1, -0.05) is 23.4 Å². The van der Waals surface area contributed by atoms with Gasteiger partial charge in [0.15, 0.2) is 0 Å². The van der Waals surface area contributed by atoms with Crippen LogP contribution >= 0.6 is 0 Å². The van der Waals surface area contributed by atoms with Gasteiger partial charge in [-0.2, -0.15) is 0 Å². The first kappa shape index (κ1) is 17.6. The highest BCUT2D eigenvalue weighted by atomic mass is 16.5. The zero-order valence-electron chi connectivity index (χ0n) is 13.8. The Morgan fingerprint density at radius 2 is 1.88 bits per heavy atom. The van der Waals surface area contributed by atoms with Gasteiger partial charge >= 0.3 is 0 Å². The van der Waals surface area contributed by atoms with Gasteiger partial charge in [-0.05, 0) is 42.8 Å². The summed E-state index contributed by atoms with van der Waals surface area (Å²) in [6.07, 6.45) is 4.79. The van der Waals surface area contributed by atoms with Gasteiger partial charge in [0.25, 0.3) is 0 Å². The number of aryl methyl sites for hydroxylation is 1. The average Bonchev–Trinajstić information content (AvgIpc) is 2.58. The average molecular weight is 327 g/mol. The van der Waals surface area contributed by atoms with E-state index in [0.717, 1.165) is 16.9 Å². The van der Waals surface area contributed by atoms with Crippen LogP contribution in [-0.4, -0.2) is 31.7 Å². The van der Waals surface area contributed by atoms with Crippen molar-refractivity contribution in [3.63, 3.8) is 0 Å². The third kappa shape index (κ3) is 5.14. The van der Waals surface area contributed by atoms with Crippen LogP contribution in [0, 0.1) is 6.92 Å². The summed E-state index contributed by atoms with van der Waals surface area (Å²) < 4.78 is 16.6. The van der Waals surface area contributed by atoms with Crippen molar-refractivity contribution in [3.8, 4) is 17.2 Å². The normalized spacial score (nSPS) is 11.2. The first-order valence-electron chi connectivity index (χ1n) is 7.58. The van der Waals surface area contributed by atoms with Crippen molar-refractivity contribution >= 4 is 12.3 Å². The quantitative estimate of drug-likeness (QED) is 0.340. The summed E-state index contributed by atoms with van der Waals surface area (Å²) in [5.41, 5.74) is 1.98. The molecule has 2 aromatic rings. The molecule has 0 amide bonds. The summed E-state index contributed by atoms with van der Waals surface area (Å²) in [6, 6.07) is 13.3. The molecular formula is C19H21NO4. The molecule has 0 saturated carbocycles. The molecule has 0 unspecified atom stereocenters. The van der Waals surface area contributed by atoms with Gasteiger partial charge in [0.1, 0.15) is 23.9 Å². The zero-order valence-corrected chi connectivity index (χ0v) is 13.8. The minimum Gasteiger partial charge on any atom is -0.491 e. The molecule has 126 valence electrons. The second-order valence-corrected chi connectivity index (χ2v) is 5.03. The molecule has 2 aromatic carbocycles. The molecule has 0 aromatic heterocycles. The Bertz CT molecular complexity index is 710. The smallest absolute Gasteiger partial charge is 0.134 e. The highest BCUT2D eigenvalue weighted by Gasteiger charge is 2.06. The topological polar surface area (TPSA) is 60.3 Å². The van der Waals surface area contributed by atoms with E-state index in [-0.39, 0.29) is 0 Å².